The van der Waals surface area contributed by atoms with E-state index in [0.29, 0.717) is 34.6 Å². The number of hydrogen-bond donors (Lipinski definition) is 1. The first kappa shape index (κ1) is 32.4. The molecule has 2 saturated heterocycles. The highest BCUT2D eigenvalue weighted by Crippen LogP contribution is 2.30. The van der Waals surface area contributed by atoms with Crippen LogP contribution in [0.15, 0.2) is 54.6 Å². The van der Waals surface area contributed by atoms with Crippen LogP contribution in [0.4, 0.5) is 10.1 Å². The number of benzene rings is 2. The van der Waals surface area contributed by atoms with E-state index in [0.717, 1.165) is 93.3 Å². The number of carbonyl (C=O) groups is 1. The fraction of sp³-hybridized carbons (Fsp3) is 0.472. The van der Waals surface area contributed by atoms with Gasteiger partial charge in [0, 0.05) is 59.4 Å². The summed E-state index contributed by atoms with van der Waals surface area (Å²) in [7, 11) is 0. The van der Waals surface area contributed by atoms with Gasteiger partial charge in [0.1, 0.15) is 24.0 Å². The molecule has 0 saturated carbocycles. The maximum absolute atomic E-state index is 14.2. The number of rotatable bonds is 14. The molecular weight excluding hydrogens is 605 g/mol. The van der Waals surface area contributed by atoms with E-state index in [2.05, 4.69) is 39.0 Å². The Balaban J connectivity index is 1.07. The second kappa shape index (κ2) is 14.9. The summed E-state index contributed by atoms with van der Waals surface area (Å²) in [6.45, 7) is 9.06. The van der Waals surface area contributed by atoms with Gasteiger partial charge in [-0.15, -0.1) is 0 Å². The van der Waals surface area contributed by atoms with Crippen LogP contribution >= 0.6 is 11.6 Å². The number of anilines is 1. The summed E-state index contributed by atoms with van der Waals surface area (Å²) in [5, 5.41) is 3.84. The number of carbonyl (C=O) groups excluding carboxylic acids is 1. The molecule has 2 aromatic carbocycles. The number of fused-ring (bicyclic) bond motifs is 1. The molecule has 0 bridgehead atoms. The molecule has 8 nitrogen and oxygen atoms in total. The van der Waals surface area contributed by atoms with Gasteiger partial charge in [-0.1, -0.05) is 37.6 Å². The van der Waals surface area contributed by atoms with Crippen molar-refractivity contribution in [2.75, 3.05) is 31.6 Å². The van der Waals surface area contributed by atoms with Crippen molar-refractivity contribution in [1.29, 1.82) is 0 Å². The molecule has 4 heterocycles. The first-order valence-electron chi connectivity index (χ1n) is 16.5. The Hall–Kier alpha value is -3.53. The minimum Gasteiger partial charge on any atom is -0.473 e. The predicted molar refractivity (Wildman–Crippen MR) is 179 cm³/mol. The first-order chi connectivity index (χ1) is 22.3. The van der Waals surface area contributed by atoms with E-state index in [-0.39, 0.29) is 24.4 Å². The maximum Gasteiger partial charge on any atom is 0.213 e. The van der Waals surface area contributed by atoms with Gasteiger partial charge in [-0.25, -0.2) is 14.4 Å². The number of ketones is 1. The molecule has 6 rings (SSSR count). The van der Waals surface area contributed by atoms with Crippen LogP contribution in [0.1, 0.15) is 69.0 Å². The number of pyridine rings is 1. The molecule has 0 radical (unpaired) electrons. The van der Waals surface area contributed by atoms with Crippen molar-refractivity contribution < 1.29 is 18.7 Å². The molecule has 0 amide bonds. The van der Waals surface area contributed by atoms with Crippen molar-refractivity contribution in [2.24, 2.45) is 5.92 Å². The zero-order chi connectivity index (χ0) is 32.0. The molecule has 2 aromatic heterocycles. The van der Waals surface area contributed by atoms with E-state index in [9.17, 15) is 9.18 Å². The molecule has 1 atom stereocenters. The number of ether oxygens (including phenoxy) is 2. The molecule has 2 aliphatic rings. The highest BCUT2D eigenvalue weighted by Gasteiger charge is 2.26. The van der Waals surface area contributed by atoms with Crippen LogP contribution in [0.2, 0.25) is 5.02 Å². The van der Waals surface area contributed by atoms with Gasteiger partial charge >= 0.3 is 0 Å². The fourth-order valence-corrected chi connectivity index (χ4v) is 6.30. The van der Waals surface area contributed by atoms with Crippen LogP contribution in [0.25, 0.3) is 11.0 Å². The van der Waals surface area contributed by atoms with E-state index in [1.807, 2.05) is 26.0 Å². The van der Waals surface area contributed by atoms with E-state index in [1.54, 1.807) is 12.1 Å². The molecule has 10 heteroatoms. The zero-order valence-corrected chi connectivity index (χ0v) is 27.4. The smallest absolute Gasteiger partial charge is 0.213 e. The van der Waals surface area contributed by atoms with Gasteiger partial charge in [0.15, 0.2) is 0 Å². The average molecular weight is 648 g/mol. The minimum absolute atomic E-state index is 0.0890. The molecule has 0 spiro atoms. The number of imidazole rings is 1. The lowest BCUT2D eigenvalue weighted by molar-refractivity contribution is -0.121. The molecule has 0 aliphatic carbocycles. The molecule has 46 heavy (non-hydrogen) atoms. The third-order valence-electron chi connectivity index (χ3n) is 9.09. The number of halogens is 2. The van der Waals surface area contributed by atoms with Gasteiger partial charge in [-0.2, -0.15) is 0 Å². The fourth-order valence-electron chi connectivity index (χ4n) is 6.15. The second-order valence-electron chi connectivity index (χ2n) is 12.8. The summed E-state index contributed by atoms with van der Waals surface area (Å²) in [6, 6.07) is 16.8. The minimum atomic E-state index is -0.381. The van der Waals surface area contributed by atoms with Crippen molar-refractivity contribution in [3.8, 4) is 5.88 Å². The molecule has 4 aromatic rings. The summed E-state index contributed by atoms with van der Waals surface area (Å²) in [6.07, 6.45) is 4.70. The van der Waals surface area contributed by atoms with Gasteiger partial charge < -0.3 is 19.4 Å². The summed E-state index contributed by atoms with van der Waals surface area (Å²) in [5.74, 6) is 1.91. The highest BCUT2D eigenvalue weighted by molar-refractivity contribution is 6.30. The Bertz CT molecular complexity index is 1650. The summed E-state index contributed by atoms with van der Waals surface area (Å²) >= 11 is 5.87. The highest BCUT2D eigenvalue weighted by atomic mass is 35.5. The molecule has 1 unspecified atom stereocenters. The standard InChI is InChI=1S/C36H43ClFN5O3/c1-24(2)34(44)6-4-15-39-28-10-11-33-32(20-28)40-35(43(33)21-29-14-18-45-29)22-42-16-12-25(13-17-42)31-5-3-7-36(41-31)46-23-26-8-9-27(37)19-30(26)38/h3,5,7-11,19-20,24-25,29,39H,4,6,12-18,21-23H2,1-2H3. The Labute approximate surface area is 275 Å². The van der Waals surface area contributed by atoms with Gasteiger partial charge in [0.25, 0.3) is 0 Å². The molecule has 1 N–H and O–H groups in total. The molecule has 244 valence electrons. The van der Waals surface area contributed by atoms with Gasteiger partial charge in [0.05, 0.1) is 30.2 Å². The average Bonchev–Trinajstić information content (AvgIpc) is 3.36. The van der Waals surface area contributed by atoms with E-state index < -0.39 is 0 Å². The quantitative estimate of drug-likeness (QED) is 0.143. The zero-order valence-electron chi connectivity index (χ0n) is 26.7. The number of nitrogens with one attached hydrogen (secondary N) is 1. The topological polar surface area (TPSA) is 81.5 Å². The Morgan fingerprint density at radius 2 is 1.93 bits per heavy atom. The van der Waals surface area contributed by atoms with Crippen LogP contribution < -0.4 is 10.1 Å². The first-order valence-corrected chi connectivity index (χ1v) is 16.8. The lowest BCUT2D eigenvalue weighted by Gasteiger charge is -2.32. The van der Waals surface area contributed by atoms with Crippen LogP contribution in [0.3, 0.4) is 0 Å². The van der Waals surface area contributed by atoms with Crippen LogP contribution in [0.5, 0.6) is 5.88 Å². The third kappa shape index (κ3) is 8.06. The summed E-state index contributed by atoms with van der Waals surface area (Å²) < 4.78 is 28.2. The molecule has 2 fully saturated rings. The van der Waals surface area contributed by atoms with Gasteiger partial charge in [0.2, 0.25) is 5.88 Å². The van der Waals surface area contributed by atoms with Crippen molar-refractivity contribution in [1.82, 2.24) is 19.4 Å². The van der Waals surface area contributed by atoms with Crippen molar-refractivity contribution in [3.63, 3.8) is 0 Å². The van der Waals surface area contributed by atoms with Crippen molar-refractivity contribution in [2.45, 2.75) is 77.7 Å². The second-order valence-corrected chi connectivity index (χ2v) is 13.2. The van der Waals surface area contributed by atoms with Gasteiger partial charge in [-0.3, -0.25) is 9.69 Å². The van der Waals surface area contributed by atoms with Crippen molar-refractivity contribution >= 4 is 34.1 Å². The summed E-state index contributed by atoms with van der Waals surface area (Å²) in [5.41, 5.74) is 4.59. The lowest BCUT2D eigenvalue weighted by atomic mass is 9.93. The normalized spacial score (nSPS) is 17.4. The largest absolute Gasteiger partial charge is 0.473 e. The number of likely N-dealkylation sites (tertiary alicyclic amines) is 1. The van der Waals surface area contributed by atoms with E-state index >= 15 is 0 Å². The SMILES string of the molecule is CC(C)C(=O)CCCNc1ccc2c(c1)nc(CN1CCC(c3cccc(OCc4ccc(Cl)cc4F)n3)CC1)n2CC1CCO1. The molecule has 2 aliphatic heterocycles. The van der Waals surface area contributed by atoms with E-state index in [4.69, 9.17) is 31.0 Å². The molecular formula is C36H43ClFN5O3. The Kier molecular flexibility index (Phi) is 10.5. The Morgan fingerprint density at radius 3 is 2.67 bits per heavy atom. The van der Waals surface area contributed by atoms with Gasteiger partial charge in [-0.05, 0) is 75.2 Å². The predicted octanol–water partition coefficient (Wildman–Crippen LogP) is 7.39. The van der Waals surface area contributed by atoms with Crippen LogP contribution in [-0.4, -0.2) is 57.6 Å². The number of piperidine rings is 1. The third-order valence-corrected chi connectivity index (χ3v) is 9.32. The van der Waals surface area contributed by atoms with E-state index in [1.165, 1.54) is 6.07 Å². The summed E-state index contributed by atoms with van der Waals surface area (Å²) in [4.78, 5) is 24.3. The lowest BCUT2D eigenvalue weighted by Crippen LogP contribution is -2.35. The monoisotopic (exact) mass is 647 g/mol. The number of nitrogens with zero attached hydrogens (tertiary/aromatic N) is 4. The number of hydrogen-bond acceptors (Lipinski definition) is 7. The van der Waals surface area contributed by atoms with Crippen LogP contribution in [-0.2, 0) is 29.2 Å². The number of Topliss-reactive ketones (excluding diaryl/α,β-unsaturated/α-hetero) is 1. The van der Waals surface area contributed by atoms with Crippen LogP contribution in [0, 0.1) is 11.7 Å². The number of aromatic nitrogens is 3. The maximum atomic E-state index is 14.2. The van der Waals surface area contributed by atoms with Crippen molar-refractivity contribution in [3.05, 3.63) is 82.5 Å². The Morgan fingerprint density at radius 1 is 1.11 bits per heavy atom.